The van der Waals surface area contributed by atoms with E-state index in [0.29, 0.717) is 53.3 Å². The highest BCUT2D eigenvalue weighted by Gasteiger charge is 2.23. The van der Waals surface area contributed by atoms with Crippen molar-refractivity contribution >= 4 is 57.9 Å². The number of hydrogen-bond acceptors (Lipinski definition) is 7. The number of benzene rings is 2. The van der Waals surface area contributed by atoms with Gasteiger partial charge >= 0.3 is 0 Å². The zero-order valence-corrected chi connectivity index (χ0v) is 21.3. The van der Waals surface area contributed by atoms with Gasteiger partial charge < -0.3 is 20.4 Å². The molecule has 1 aliphatic heterocycles. The van der Waals surface area contributed by atoms with Crippen LogP contribution in [0.2, 0.25) is 0 Å². The number of anilines is 3. The maximum atomic E-state index is 14.0. The number of nitrogens with zero attached hydrogens (tertiary/aromatic N) is 3. The number of nitrogens with one attached hydrogen (secondary N) is 2. The van der Waals surface area contributed by atoms with Crippen LogP contribution in [0.3, 0.4) is 0 Å². The highest BCUT2D eigenvalue weighted by molar-refractivity contribution is 8.01. The third-order valence-electron chi connectivity index (χ3n) is 5.48. The van der Waals surface area contributed by atoms with Gasteiger partial charge in [-0.15, -0.1) is 11.3 Å². The summed E-state index contributed by atoms with van der Waals surface area (Å²) in [5, 5.41) is 7.32. The highest BCUT2D eigenvalue weighted by Crippen LogP contribution is 2.24. The molecule has 0 atom stereocenters. The van der Waals surface area contributed by atoms with Gasteiger partial charge in [0.25, 0.3) is 0 Å². The van der Waals surface area contributed by atoms with Crippen molar-refractivity contribution in [2.45, 2.75) is 17.7 Å². The lowest BCUT2D eigenvalue weighted by molar-refractivity contribution is -0.130. The molecule has 1 saturated heterocycles. The lowest BCUT2D eigenvalue weighted by Crippen LogP contribution is -2.49. The third-order valence-corrected chi connectivity index (χ3v) is 7.55. The van der Waals surface area contributed by atoms with Crippen molar-refractivity contribution in [3.63, 3.8) is 0 Å². The van der Waals surface area contributed by atoms with Crippen LogP contribution in [0.25, 0.3) is 0 Å². The molecule has 1 aliphatic rings. The predicted molar refractivity (Wildman–Crippen MR) is 141 cm³/mol. The van der Waals surface area contributed by atoms with E-state index < -0.39 is 0 Å². The summed E-state index contributed by atoms with van der Waals surface area (Å²) >= 11 is 2.70. The fraction of sp³-hybridized carbons (Fsp3) is 0.280. The Morgan fingerprint density at radius 3 is 2.47 bits per heavy atom. The molecule has 3 aromatic rings. The molecule has 0 unspecified atom stereocenters. The number of aromatic nitrogens is 1. The number of carbonyl (C=O) groups excluding carboxylic acids is 3. The summed E-state index contributed by atoms with van der Waals surface area (Å²) in [5.74, 6) is -0.472. The number of amides is 3. The minimum absolute atomic E-state index is 0.0122. The van der Waals surface area contributed by atoms with Gasteiger partial charge in [-0.3, -0.25) is 14.4 Å². The normalized spacial score (nSPS) is 13.4. The maximum absolute atomic E-state index is 14.0. The highest BCUT2D eigenvalue weighted by atomic mass is 32.2. The number of halogens is 1. The van der Waals surface area contributed by atoms with Gasteiger partial charge in [-0.2, -0.15) is 0 Å². The largest absolute Gasteiger partial charge is 0.366 e. The maximum Gasteiger partial charge on any atom is 0.234 e. The molecule has 11 heteroatoms. The van der Waals surface area contributed by atoms with Gasteiger partial charge in [0.05, 0.1) is 23.6 Å². The summed E-state index contributed by atoms with van der Waals surface area (Å²) in [5.41, 5.74) is 2.44. The zero-order valence-electron chi connectivity index (χ0n) is 19.7. The first-order valence-electron chi connectivity index (χ1n) is 11.4. The molecule has 1 aromatic heterocycles. The van der Waals surface area contributed by atoms with E-state index in [1.54, 1.807) is 41.3 Å². The summed E-state index contributed by atoms with van der Waals surface area (Å²) in [4.78, 5) is 44.5. The quantitative estimate of drug-likeness (QED) is 0.432. The van der Waals surface area contributed by atoms with Crippen LogP contribution < -0.4 is 15.5 Å². The van der Waals surface area contributed by atoms with E-state index in [1.807, 2.05) is 16.3 Å². The molecule has 4 rings (SSSR count). The number of rotatable bonds is 8. The smallest absolute Gasteiger partial charge is 0.234 e. The molecule has 3 amide bonds. The van der Waals surface area contributed by atoms with Gasteiger partial charge in [-0.25, -0.2) is 9.37 Å². The number of thioether (sulfide) groups is 1. The number of hydrogen-bond donors (Lipinski definition) is 2. The van der Waals surface area contributed by atoms with Gasteiger partial charge in [0, 0.05) is 49.9 Å². The van der Waals surface area contributed by atoms with Crippen molar-refractivity contribution in [1.29, 1.82) is 0 Å². The molecule has 188 valence electrons. The fourth-order valence-electron chi connectivity index (χ4n) is 3.81. The molecule has 2 N–H and O–H groups in total. The van der Waals surface area contributed by atoms with E-state index in [1.165, 1.54) is 36.1 Å². The standard InChI is InChI=1S/C25H26FN5O3S2/c1-17(32)27-18-5-4-6-19(13-18)28-23(33)16-36-25-29-20(15-35-25)14-24(34)31-11-9-30(10-12-31)22-8-3-2-7-21(22)26/h2-8,13,15H,9-12,14,16H2,1H3,(H,27,32)(H,28,33). The number of para-hydroxylation sites is 1. The van der Waals surface area contributed by atoms with E-state index in [-0.39, 0.29) is 35.7 Å². The van der Waals surface area contributed by atoms with E-state index in [9.17, 15) is 18.8 Å². The van der Waals surface area contributed by atoms with Crippen molar-refractivity contribution in [2.75, 3.05) is 47.5 Å². The molecule has 0 radical (unpaired) electrons. The first-order chi connectivity index (χ1) is 17.4. The van der Waals surface area contributed by atoms with Crippen LogP contribution in [0.1, 0.15) is 12.6 Å². The molecular weight excluding hydrogens is 501 g/mol. The van der Waals surface area contributed by atoms with E-state index in [2.05, 4.69) is 15.6 Å². The molecule has 0 aliphatic carbocycles. The van der Waals surface area contributed by atoms with Gasteiger partial charge in [0.15, 0.2) is 4.34 Å². The monoisotopic (exact) mass is 527 g/mol. The SMILES string of the molecule is CC(=O)Nc1cccc(NC(=O)CSc2nc(CC(=O)N3CCN(c4ccccc4F)CC3)cs2)c1. The predicted octanol–water partition coefficient (Wildman–Crippen LogP) is 3.86. The van der Waals surface area contributed by atoms with Crippen LogP contribution >= 0.6 is 23.1 Å². The molecule has 1 fully saturated rings. The van der Waals surface area contributed by atoms with E-state index in [0.717, 1.165) is 0 Å². The van der Waals surface area contributed by atoms with Crippen molar-refractivity contribution in [1.82, 2.24) is 9.88 Å². The van der Waals surface area contributed by atoms with Crippen molar-refractivity contribution in [2.24, 2.45) is 0 Å². The summed E-state index contributed by atoms with van der Waals surface area (Å²) in [6.45, 7) is 3.64. The minimum atomic E-state index is -0.253. The first kappa shape index (κ1) is 25.6. The van der Waals surface area contributed by atoms with Crippen molar-refractivity contribution in [3.8, 4) is 0 Å². The van der Waals surface area contributed by atoms with Crippen LogP contribution in [0.4, 0.5) is 21.5 Å². The first-order valence-corrected chi connectivity index (χ1v) is 13.3. The minimum Gasteiger partial charge on any atom is -0.366 e. The summed E-state index contributed by atoms with van der Waals surface area (Å²) in [6.07, 6.45) is 0.193. The Kier molecular flexibility index (Phi) is 8.55. The van der Waals surface area contributed by atoms with Gasteiger partial charge in [0.2, 0.25) is 17.7 Å². The average Bonchev–Trinajstić information content (AvgIpc) is 3.30. The van der Waals surface area contributed by atoms with Crippen LogP contribution in [-0.4, -0.2) is 59.5 Å². The summed E-state index contributed by atoms with van der Waals surface area (Å²) in [7, 11) is 0. The van der Waals surface area contributed by atoms with Gasteiger partial charge in [0.1, 0.15) is 5.82 Å². The molecule has 36 heavy (non-hydrogen) atoms. The van der Waals surface area contributed by atoms with Crippen LogP contribution in [0.15, 0.2) is 58.3 Å². The molecule has 2 heterocycles. The van der Waals surface area contributed by atoms with Gasteiger partial charge in [-0.1, -0.05) is 30.0 Å². The number of piperazine rings is 1. The third kappa shape index (κ3) is 7.05. The molecule has 0 saturated carbocycles. The Hall–Kier alpha value is -3.44. The van der Waals surface area contributed by atoms with Crippen molar-refractivity contribution < 1.29 is 18.8 Å². The van der Waals surface area contributed by atoms with Crippen LogP contribution in [-0.2, 0) is 20.8 Å². The van der Waals surface area contributed by atoms with E-state index in [4.69, 9.17) is 0 Å². The Labute approximate surface area is 216 Å². The molecule has 0 bridgehead atoms. The van der Waals surface area contributed by atoms with Crippen LogP contribution in [0, 0.1) is 5.82 Å². The molecule has 0 spiro atoms. The lowest BCUT2D eigenvalue weighted by Gasteiger charge is -2.36. The molecule has 8 nitrogen and oxygen atoms in total. The second-order valence-electron chi connectivity index (χ2n) is 8.20. The Balaban J connectivity index is 1.22. The number of carbonyl (C=O) groups is 3. The van der Waals surface area contributed by atoms with Crippen molar-refractivity contribution in [3.05, 3.63) is 65.4 Å². The van der Waals surface area contributed by atoms with Crippen LogP contribution in [0.5, 0.6) is 0 Å². The molecule has 2 aromatic carbocycles. The zero-order chi connectivity index (χ0) is 25.5. The average molecular weight is 528 g/mol. The summed E-state index contributed by atoms with van der Waals surface area (Å²) in [6, 6.07) is 13.6. The Morgan fingerprint density at radius 2 is 1.75 bits per heavy atom. The Morgan fingerprint density at radius 1 is 1.03 bits per heavy atom. The number of thiazole rings is 1. The topological polar surface area (TPSA) is 94.6 Å². The summed E-state index contributed by atoms with van der Waals surface area (Å²) < 4.78 is 14.7. The lowest BCUT2D eigenvalue weighted by atomic mass is 10.2. The fourth-order valence-corrected chi connectivity index (χ4v) is 5.45. The molecular formula is C25H26FN5O3S2. The second-order valence-corrected chi connectivity index (χ2v) is 10.3. The second kappa shape index (κ2) is 12.0. The van der Waals surface area contributed by atoms with Gasteiger partial charge in [-0.05, 0) is 30.3 Å². The van der Waals surface area contributed by atoms with E-state index >= 15 is 0 Å². The Bertz CT molecular complexity index is 1240.